The highest BCUT2D eigenvalue weighted by Gasteiger charge is 2.25. The van der Waals surface area contributed by atoms with Gasteiger partial charge in [0.25, 0.3) is 11.1 Å². The van der Waals surface area contributed by atoms with Gasteiger partial charge in [0.15, 0.2) is 0 Å². The van der Waals surface area contributed by atoms with E-state index in [0.29, 0.717) is 22.6 Å². The number of benzene rings is 1. The Morgan fingerprint density at radius 3 is 2.89 bits per heavy atom. The zero-order valence-electron chi connectivity index (χ0n) is 14.9. The Kier molecular flexibility index (Phi) is 5.36. The zero-order valence-corrected chi connectivity index (χ0v) is 15.8. The number of amides is 2. The minimum absolute atomic E-state index is 0.277. The molecule has 0 saturated carbocycles. The molecule has 2 amide bonds. The first-order valence-electron chi connectivity index (χ1n) is 8.92. The molecule has 2 N–H and O–H groups in total. The summed E-state index contributed by atoms with van der Waals surface area (Å²) in [6.45, 7) is 3.50. The van der Waals surface area contributed by atoms with Crippen LogP contribution >= 0.6 is 11.8 Å². The smallest absolute Gasteiger partial charge is 0.290 e. The molecule has 0 spiro atoms. The van der Waals surface area contributed by atoms with E-state index in [4.69, 9.17) is 0 Å². The van der Waals surface area contributed by atoms with Crippen LogP contribution in [0.1, 0.15) is 12.0 Å². The summed E-state index contributed by atoms with van der Waals surface area (Å²) in [6, 6.07) is 4.49. The molecule has 9 heteroatoms. The maximum Gasteiger partial charge on any atom is 0.290 e. The summed E-state index contributed by atoms with van der Waals surface area (Å²) in [7, 11) is 0. The van der Waals surface area contributed by atoms with Gasteiger partial charge in [0.05, 0.1) is 23.0 Å². The molecule has 3 heterocycles. The fourth-order valence-corrected chi connectivity index (χ4v) is 3.80. The van der Waals surface area contributed by atoms with E-state index in [1.807, 2.05) is 0 Å². The van der Waals surface area contributed by atoms with E-state index in [2.05, 4.69) is 25.5 Å². The maximum atomic E-state index is 14.5. The van der Waals surface area contributed by atoms with Crippen LogP contribution in [0.5, 0.6) is 0 Å². The standard InChI is InChI=1S/C19H18FN5O2S/c20-14-3-2-12(9-16-18(26)24-19(27)28-16)8-13(14)15-10-22-11-17(23-15)25-6-1-4-21-5-7-25/h2-3,8-11,21H,1,4-7H2,(H,24,26,27)/b16-9-. The fourth-order valence-electron chi connectivity index (χ4n) is 3.11. The van der Waals surface area contributed by atoms with Crippen LogP contribution in [-0.2, 0) is 4.79 Å². The van der Waals surface area contributed by atoms with Crippen molar-refractivity contribution >= 4 is 34.8 Å². The van der Waals surface area contributed by atoms with Crippen molar-refractivity contribution in [2.45, 2.75) is 6.42 Å². The predicted molar refractivity (Wildman–Crippen MR) is 106 cm³/mol. The van der Waals surface area contributed by atoms with Gasteiger partial charge < -0.3 is 10.2 Å². The van der Waals surface area contributed by atoms with Gasteiger partial charge in [0.2, 0.25) is 0 Å². The summed E-state index contributed by atoms with van der Waals surface area (Å²) in [5.74, 6) is -0.163. The third-order valence-corrected chi connectivity index (χ3v) is 5.30. The van der Waals surface area contributed by atoms with Crippen LogP contribution in [-0.4, -0.2) is 47.3 Å². The highest BCUT2D eigenvalue weighted by atomic mass is 32.2. The van der Waals surface area contributed by atoms with Crippen molar-refractivity contribution in [1.82, 2.24) is 20.6 Å². The Balaban J connectivity index is 1.65. The van der Waals surface area contributed by atoms with E-state index < -0.39 is 17.0 Å². The number of carbonyl (C=O) groups excluding carboxylic acids is 2. The first-order chi connectivity index (χ1) is 13.6. The second-order valence-electron chi connectivity index (χ2n) is 6.44. The van der Waals surface area contributed by atoms with Gasteiger partial charge in [0, 0.05) is 25.2 Å². The molecular formula is C19H18FN5O2S. The second kappa shape index (κ2) is 8.07. The summed E-state index contributed by atoms with van der Waals surface area (Å²) in [5.41, 5.74) is 1.33. The van der Waals surface area contributed by atoms with Gasteiger partial charge >= 0.3 is 0 Å². The van der Waals surface area contributed by atoms with Crippen molar-refractivity contribution in [3.05, 3.63) is 46.9 Å². The lowest BCUT2D eigenvalue weighted by Gasteiger charge is -2.21. The third kappa shape index (κ3) is 4.05. The first kappa shape index (κ1) is 18.6. The first-order valence-corrected chi connectivity index (χ1v) is 9.74. The molecule has 144 valence electrons. The number of rotatable bonds is 3. The summed E-state index contributed by atoms with van der Waals surface area (Å²) >= 11 is 0.825. The van der Waals surface area contributed by atoms with Gasteiger partial charge in [-0.05, 0) is 48.5 Å². The minimum atomic E-state index is -0.447. The molecule has 0 bridgehead atoms. The highest BCUT2D eigenvalue weighted by molar-refractivity contribution is 8.18. The Bertz CT molecular complexity index is 957. The minimum Gasteiger partial charge on any atom is -0.354 e. The van der Waals surface area contributed by atoms with Gasteiger partial charge in [-0.3, -0.25) is 19.9 Å². The third-order valence-electron chi connectivity index (χ3n) is 4.49. The molecular weight excluding hydrogens is 381 g/mol. The number of carbonyl (C=O) groups is 2. The predicted octanol–water partition coefficient (Wildman–Crippen LogP) is 2.41. The molecule has 2 aromatic rings. The summed E-state index contributed by atoms with van der Waals surface area (Å²) < 4.78 is 14.5. The molecule has 7 nitrogen and oxygen atoms in total. The number of hydrogen-bond acceptors (Lipinski definition) is 7. The molecule has 2 saturated heterocycles. The average Bonchev–Trinajstić information content (AvgIpc) is 2.89. The zero-order chi connectivity index (χ0) is 19.5. The van der Waals surface area contributed by atoms with Crippen LogP contribution in [0.4, 0.5) is 15.0 Å². The van der Waals surface area contributed by atoms with Crippen molar-refractivity contribution in [3.63, 3.8) is 0 Å². The lowest BCUT2D eigenvalue weighted by Crippen LogP contribution is -2.28. The van der Waals surface area contributed by atoms with Gasteiger partial charge in [-0.25, -0.2) is 9.37 Å². The lowest BCUT2D eigenvalue weighted by molar-refractivity contribution is -0.115. The quantitative estimate of drug-likeness (QED) is 0.767. The van der Waals surface area contributed by atoms with E-state index >= 15 is 0 Å². The van der Waals surface area contributed by atoms with Crippen molar-refractivity contribution < 1.29 is 14.0 Å². The van der Waals surface area contributed by atoms with Crippen LogP contribution in [0, 0.1) is 5.82 Å². The van der Waals surface area contributed by atoms with Crippen molar-refractivity contribution in [2.24, 2.45) is 0 Å². The summed E-state index contributed by atoms with van der Waals surface area (Å²) in [5, 5.41) is 5.13. The van der Waals surface area contributed by atoms with Crippen LogP contribution in [0.2, 0.25) is 0 Å². The molecule has 28 heavy (non-hydrogen) atoms. The van der Waals surface area contributed by atoms with E-state index in [1.54, 1.807) is 24.4 Å². The molecule has 0 atom stereocenters. The fraction of sp³-hybridized carbons (Fsp3) is 0.263. The van der Waals surface area contributed by atoms with Crippen molar-refractivity contribution in [3.8, 4) is 11.3 Å². The Hall–Kier alpha value is -2.78. The van der Waals surface area contributed by atoms with E-state index in [9.17, 15) is 14.0 Å². The number of thioether (sulfide) groups is 1. The Labute approximate surface area is 165 Å². The number of anilines is 1. The molecule has 2 fully saturated rings. The number of hydrogen-bond donors (Lipinski definition) is 2. The number of aromatic nitrogens is 2. The largest absolute Gasteiger partial charge is 0.354 e. The Morgan fingerprint density at radius 1 is 1.18 bits per heavy atom. The molecule has 0 unspecified atom stereocenters. The van der Waals surface area contributed by atoms with Crippen LogP contribution in [0.3, 0.4) is 0 Å². The van der Waals surface area contributed by atoms with Gasteiger partial charge in [-0.1, -0.05) is 6.07 Å². The van der Waals surface area contributed by atoms with Gasteiger partial charge in [-0.15, -0.1) is 0 Å². The molecule has 2 aliphatic rings. The number of nitrogens with one attached hydrogen (secondary N) is 2. The Morgan fingerprint density at radius 2 is 2.07 bits per heavy atom. The normalized spacial score (nSPS) is 19.0. The lowest BCUT2D eigenvalue weighted by atomic mass is 10.1. The van der Waals surface area contributed by atoms with Crippen LogP contribution < -0.4 is 15.5 Å². The molecule has 2 aliphatic heterocycles. The number of imide groups is 1. The topological polar surface area (TPSA) is 87.2 Å². The summed E-state index contributed by atoms with van der Waals surface area (Å²) in [6.07, 6.45) is 5.77. The highest BCUT2D eigenvalue weighted by Crippen LogP contribution is 2.28. The average molecular weight is 399 g/mol. The monoisotopic (exact) mass is 399 g/mol. The maximum absolute atomic E-state index is 14.5. The molecule has 0 aliphatic carbocycles. The van der Waals surface area contributed by atoms with Crippen molar-refractivity contribution in [2.75, 3.05) is 31.1 Å². The van der Waals surface area contributed by atoms with Gasteiger partial charge in [0.1, 0.15) is 11.6 Å². The van der Waals surface area contributed by atoms with E-state index in [0.717, 1.165) is 44.4 Å². The van der Waals surface area contributed by atoms with E-state index in [1.165, 1.54) is 12.3 Å². The van der Waals surface area contributed by atoms with Crippen LogP contribution in [0.25, 0.3) is 17.3 Å². The molecule has 1 aromatic carbocycles. The number of halogens is 1. The molecule has 1 aromatic heterocycles. The summed E-state index contributed by atoms with van der Waals surface area (Å²) in [4.78, 5) is 34.3. The van der Waals surface area contributed by atoms with Crippen molar-refractivity contribution in [1.29, 1.82) is 0 Å². The molecule has 4 rings (SSSR count). The van der Waals surface area contributed by atoms with Crippen LogP contribution in [0.15, 0.2) is 35.5 Å². The number of nitrogens with zero attached hydrogens (tertiary/aromatic N) is 3. The SMILES string of the molecule is O=C1NC(=O)/C(=C/c2ccc(F)c(-c3cncc(N4CCCNCC4)n3)c2)S1. The van der Waals surface area contributed by atoms with Gasteiger partial charge in [-0.2, -0.15) is 0 Å². The van der Waals surface area contributed by atoms with E-state index in [-0.39, 0.29) is 4.91 Å². The second-order valence-corrected chi connectivity index (χ2v) is 7.46. The molecule has 0 radical (unpaired) electrons.